The van der Waals surface area contributed by atoms with E-state index in [0.717, 1.165) is 10.5 Å². The molecular weight excluding hydrogens is 364 g/mol. The highest BCUT2D eigenvalue weighted by Crippen LogP contribution is 2.24. The van der Waals surface area contributed by atoms with E-state index in [1.807, 2.05) is 29.7 Å². The van der Waals surface area contributed by atoms with Gasteiger partial charge in [-0.05, 0) is 29.3 Å². The Morgan fingerprint density at radius 1 is 1.22 bits per heavy atom. The second-order valence-corrected chi connectivity index (χ2v) is 7.50. The predicted molar refractivity (Wildman–Crippen MR) is 105 cm³/mol. The van der Waals surface area contributed by atoms with Crippen molar-refractivity contribution in [3.63, 3.8) is 0 Å². The quantitative estimate of drug-likeness (QED) is 0.441. The molecule has 0 spiro atoms. The van der Waals surface area contributed by atoms with Crippen LogP contribution >= 0.6 is 11.8 Å². The Hall–Kier alpha value is -2.74. The fraction of sp³-hybridized carbons (Fsp3) is 0.316. The van der Waals surface area contributed by atoms with Crippen LogP contribution in [-0.2, 0) is 4.79 Å². The number of rotatable bonds is 5. The minimum Gasteiger partial charge on any atom is -0.293 e. The number of carbonyl (C=O) groups is 3. The van der Waals surface area contributed by atoms with Crippen molar-refractivity contribution < 1.29 is 19.0 Å². The average molecular weight is 385 g/mol. The zero-order valence-electron chi connectivity index (χ0n) is 15.5. The van der Waals surface area contributed by atoms with E-state index in [-0.39, 0.29) is 17.4 Å². The van der Waals surface area contributed by atoms with Gasteiger partial charge in [-0.2, -0.15) is 0 Å². The van der Waals surface area contributed by atoms with Crippen molar-refractivity contribution in [3.05, 3.63) is 48.0 Å². The van der Waals surface area contributed by atoms with Crippen molar-refractivity contribution in [2.75, 3.05) is 26.4 Å². The molecule has 2 aliphatic heterocycles. The summed E-state index contributed by atoms with van der Waals surface area (Å²) in [4.78, 5) is 44.3. The highest BCUT2D eigenvalue weighted by Gasteiger charge is 2.53. The highest BCUT2D eigenvalue weighted by atomic mass is 32.2. The Morgan fingerprint density at radius 2 is 1.89 bits per heavy atom. The molecule has 2 aliphatic rings. The van der Waals surface area contributed by atoms with Gasteiger partial charge in [0.1, 0.15) is 6.54 Å². The van der Waals surface area contributed by atoms with Crippen molar-refractivity contribution >= 4 is 40.5 Å². The number of hydrogen-bond acceptors (Lipinski definition) is 5. The van der Waals surface area contributed by atoms with Crippen molar-refractivity contribution in [3.8, 4) is 0 Å². The number of carbonyl (C=O) groups excluding carboxylic acids is 3. The van der Waals surface area contributed by atoms with Crippen molar-refractivity contribution in [2.24, 2.45) is 4.99 Å². The molecule has 0 aliphatic carbocycles. The maximum atomic E-state index is 12.7. The number of amides is 3. The number of nitrogens with zero attached hydrogens (tertiary/aromatic N) is 4. The first-order chi connectivity index (χ1) is 12.8. The first-order valence-electron chi connectivity index (χ1n) is 8.44. The Bertz CT molecular complexity index is 891. The number of amidine groups is 2. The van der Waals surface area contributed by atoms with Gasteiger partial charge in [-0.3, -0.25) is 19.4 Å². The Balaban J connectivity index is 1.88. The van der Waals surface area contributed by atoms with Gasteiger partial charge in [0.2, 0.25) is 0 Å². The molecule has 8 heteroatoms. The van der Waals surface area contributed by atoms with Gasteiger partial charge in [0.25, 0.3) is 17.8 Å². The summed E-state index contributed by atoms with van der Waals surface area (Å²) in [5.74, 6) is 0.227. The zero-order valence-corrected chi connectivity index (χ0v) is 16.3. The normalized spacial score (nSPS) is 19.4. The zero-order chi connectivity index (χ0) is 19.7. The van der Waals surface area contributed by atoms with Gasteiger partial charge in [0.15, 0.2) is 5.78 Å². The van der Waals surface area contributed by atoms with Gasteiger partial charge in [-0.25, -0.2) is 9.37 Å². The second kappa shape index (κ2) is 7.48. The van der Waals surface area contributed by atoms with Gasteiger partial charge >= 0.3 is 11.2 Å². The fourth-order valence-electron chi connectivity index (χ4n) is 2.98. The number of thioether (sulfide) groups is 1. The minimum absolute atomic E-state index is 0.0219. The van der Waals surface area contributed by atoms with Crippen LogP contribution in [0.3, 0.4) is 0 Å². The summed E-state index contributed by atoms with van der Waals surface area (Å²) in [6.45, 7) is 6.20. The SMILES string of the molecule is C=C(C)C[N+]1=C(SCC(=O)c2ccccc2)N=C2C1C(=O)N(C)C(=O)N2C. The van der Waals surface area contributed by atoms with Crippen molar-refractivity contribution in [1.82, 2.24) is 9.80 Å². The number of hydrogen-bond donors (Lipinski definition) is 0. The van der Waals surface area contributed by atoms with Crippen molar-refractivity contribution in [2.45, 2.75) is 13.0 Å². The smallest absolute Gasteiger partial charge is 0.293 e. The van der Waals surface area contributed by atoms with Crippen LogP contribution in [-0.4, -0.2) is 75.5 Å². The molecule has 7 nitrogen and oxygen atoms in total. The van der Waals surface area contributed by atoms with E-state index in [0.29, 0.717) is 23.1 Å². The first-order valence-corrected chi connectivity index (χ1v) is 9.42. The predicted octanol–water partition coefficient (Wildman–Crippen LogP) is 1.85. The molecular formula is C19H21N4O3S+. The van der Waals surface area contributed by atoms with Crippen LogP contribution in [0.15, 0.2) is 47.5 Å². The van der Waals surface area contributed by atoms with Gasteiger partial charge in [-0.15, -0.1) is 0 Å². The number of urea groups is 1. The number of benzene rings is 1. The van der Waals surface area contributed by atoms with Gasteiger partial charge < -0.3 is 0 Å². The summed E-state index contributed by atoms with van der Waals surface area (Å²) >= 11 is 1.27. The molecule has 27 heavy (non-hydrogen) atoms. The van der Waals surface area contributed by atoms with Crippen molar-refractivity contribution in [1.29, 1.82) is 0 Å². The Morgan fingerprint density at radius 3 is 2.52 bits per heavy atom. The molecule has 0 aromatic heterocycles. The van der Waals surface area contributed by atoms with Crippen LogP contribution in [0.1, 0.15) is 17.3 Å². The molecule has 3 rings (SSSR count). The third-order valence-corrected chi connectivity index (χ3v) is 5.35. The molecule has 1 saturated heterocycles. The van der Waals surface area contributed by atoms with E-state index in [1.54, 1.807) is 19.2 Å². The Kier molecular flexibility index (Phi) is 5.27. The lowest BCUT2D eigenvalue weighted by molar-refractivity contribution is -0.524. The first kappa shape index (κ1) is 19.0. The molecule has 3 amide bonds. The number of aliphatic imine (C=N–C) groups is 1. The second-order valence-electron chi connectivity index (χ2n) is 6.56. The summed E-state index contributed by atoms with van der Waals surface area (Å²) in [6, 6.07) is 7.93. The summed E-state index contributed by atoms with van der Waals surface area (Å²) in [6.07, 6.45) is 0. The molecule has 1 aromatic carbocycles. The van der Waals surface area contributed by atoms with E-state index >= 15 is 0 Å². The molecule has 1 unspecified atom stereocenters. The van der Waals surface area contributed by atoms with E-state index in [9.17, 15) is 14.4 Å². The van der Waals surface area contributed by atoms with Crippen LogP contribution in [0.2, 0.25) is 0 Å². The molecule has 0 N–H and O–H groups in total. The number of Topliss-reactive ketones (excluding diaryl/α,β-unsaturated/α-hetero) is 1. The summed E-state index contributed by atoms with van der Waals surface area (Å²) in [7, 11) is 3.06. The molecule has 0 bridgehead atoms. The molecule has 0 radical (unpaired) electrons. The maximum absolute atomic E-state index is 12.7. The molecule has 1 fully saturated rings. The number of fused-ring (bicyclic) bond motifs is 1. The molecule has 140 valence electrons. The largest absolute Gasteiger partial charge is 0.358 e. The maximum Gasteiger partial charge on any atom is 0.358 e. The van der Waals surface area contributed by atoms with E-state index in [1.165, 1.54) is 23.7 Å². The van der Waals surface area contributed by atoms with Crippen LogP contribution in [0.25, 0.3) is 0 Å². The molecule has 0 saturated carbocycles. The minimum atomic E-state index is -0.677. The van der Waals surface area contributed by atoms with E-state index in [2.05, 4.69) is 11.6 Å². The molecule has 2 heterocycles. The van der Waals surface area contributed by atoms with Crippen LogP contribution in [0, 0.1) is 0 Å². The van der Waals surface area contributed by atoms with E-state index in [4.69, 9.17) is 0 Å². The third kappa shape index (κ3) is 3.57. The summed E-state index contributed by atoms with van der Waals surface area (Å²) in [5.41, 5.74) is 1.48. The fourth-order valence-corrected chi connectivity index (χ4v) is 3.90. The summed E-state index contributed by atoms with van der Waals surface area (Å²) < 4.78 is 1.81. The van der Waals surface area contributed by atoms with E-state index < -0.39 is 12.1 Å². The molecule has 1 aromatic rings. The standard InChI is InChI=1S/C19H21N4O3S/c1-12(2)10-23-15-16(21(3)19(26)22(4)17(15)25)20-18(23)27-11-14(24)13-8-6-5-7-9-13/h5-9,15H,1,10-11H2,2-4H3/q+1. The third-order valence-electron chi connectivity index (χ3n) is 4.36. The lowest BCUT2D eigenvalue weighted by Gasteiger charge is -2.30. The highest BCUT2D eigenvalue weighted by molar-refractivity contribution is 8.14. The monoisotopic (exact) mass is 385 g/mol. The topological polar surface area (TPSA) is 73.1 Å². The number of likely N-dealkylation sites (N-methyl/N-ethyl adjacent to an activating group) is 2. The van der Waals surface area contributed by atoms with Gasteiger partial charge in [-0.1, -0.05) is 36.9 Å². The average Bonchev–Trinajstić information content (AvgIpc) is 3.01. The Labute approximate surface area is 162 Å². The van der Waals surface area contributed by atoms with Gasteiger partial charge in [0.05, 0.1) is 5.75 Å². The van der Waals surface area contributed by atoms with Crippen LogP contribution in [0.5, 0.6) is 0 Å². The lowest BCUT2D eigenvalue weighted by atomic mass is 10.1. The number of ketones is 1. The lowest BCUT2D eigenvalue weighted by Crippen LogP contribution is -2.61. The van der Waals surface area contributed by atoms with Gasteiger partial charge in [0, 0.05) is 19.7 Å². The molecule has 1 atom stereocenters. The number of imide groups is 1. The van der Waals surface area contributed by atoms with Crippen LogP contribution < -0.4 is 0 Å². The summed E-state index contributed by atoms with van der Waals surface area (Å²) in [5, 5.41) is 0.547. The van der Waals surface area contributed by atoms with Crippen LogP contribution in [0.4, 0.5) is 4.79 Å².